The highest BCUT2D eigenvalue weighted by Crippen LogP contribution is 2.44. The van der Waals surface area contributed by atoms with Crippen molar-refractivity contribution < 1.29 is 4.42 Å². The van der Waals surface area contributed by atoms with Gasteiger partial charge >= 0.3 is 5.63 Å². The Bertz CT molecular complexity index is 640. The Morgan fingerprint density at radius 1 is 1.06 bits per heavy atom. The van der Waals surface area contributed by atoms with Crippen molar-refractivity contribution in [2.75, 3.05) is 0 Å². The first-order valence-corrected chi connectivity index (χ1v) is 6.49. The van der Waals surface area contributed by atoms with Crippen LogP contribution in [0.2, 0.25) is 0 Å². The molecule has 2 nitrogen and oxygen atoms in total. The predicted molar refractivity (Wildman–Crippen MR) is 68.0 cm³/mol. The van der Waals surface area contributed by atoms with Gasteiger partial charge in [0.2, 0.25) is 0 Å². The molecule has 1 aromatic carbocycles. The van der Waals surface area contributed by atoms with E-state index in [2.05, 4.69) is 10.8 Å². The van der Waals surface area contributed by atoms with E-state index in [0.29, 0.717) is 5.58 Å². The summed E-state index contributed by atoms with van der Waals surface area (Å²) in [6, 6.07) is 9.27. The van der Waals surface area contributed by atoms with Crippen molar-refractivity contribution in [2.24, 2.45) is 0 Å². The molecule has 16 heavy (non-hydrogen) atoms. The number of para-hydroxylation sites is 1. The molecular weight excluding hydrogens is 220 g/mol. The van der Waals surface area contributed by atoms with E-state index < -0.39 is 10.9 Å². The van der Waals surface area contributed by atoms with Crippen LogP contribution in [0.3, 0.4) is 0 Å². The standard InChI is InChI=1S/C13H10O2S/c14-13-9-12(16-7-3-4-8-16)10-5-1-2-6-11(10)15-13/h1-9,16H. The maximum atomic E-state index is 11.5. The molecule has 2 aromatic rings. The smallest absolute Gasteiger partial charge is 0.337 e. The summed E-state index contributed by atoms with van der Waals surface area (Å²) >= 11 is 0. The van der Waals surface area contributed by atoms with E-state index in [1.54, 1.807) is 6.07 Å². The number of hydrogen-bond donors (Lipinski definition) is 1. The minimum atomic E-state index is -0.477. The fraction of sp³-hybridized carbons (Fsp3) is 0. The Labute approximate surface area is 95.2 Å². The lowest BCUT2D eigenvalue weighted by Crippen LogP contribution is -1.97. The van der Waals surface area contributed by atoms with Crippen LogP contribution in [-0.2, 0) is 0 Å². The third-order valence-corrected chi connectivity index (χ3v) is 4.42. The van der Waals surface area contributed by atoms with Crippen molar-refractivity contribution in [2.45, 2.75) is 4.90 Å². The van der Waals surface area contributed by atoms with Gasteiger partial charge < -0.3 is 4.42 Å². The molecule has 3 heteroatoms. The van der Waals surface area contributed by atoms with Gasteiger partial charge in [0, 0.05) is 16.3 Å². The second kappa shape index (κ2) is 3.68. The highest BCUT2D eigenvalue weighted by atomic mass is 32.2. The molecule has 0 fully saturated rings. The molecule has 2 heterocycles. The molecule has 1 aliphatic heterocycles. The van der Waals surface area contributed by atoms with Crippen LogP contribution in [-0.4, -0.2) is 0 Å². The molecule has 0 N–H and O–H groups in total. The van der Waals surface area contributed by atoms with Crippen molar-refractivity contribution in [1.29, 1.82) is 0 Å². The molecule has 3 rings (SSSR count). The topological polar surface area (TPSA) is 30.2 Å². The second-order valence-corrected chi connectivity index (χ2v) is 5.43. The summed E-state index contributed by atoms with van der Waals surface area (Å²) in [7, 11) is -0.477. The molecule has 0 atom stereocenters. The summed E-state index contributed by atoms with van der Waals surface area (Å²) < 4.78 is 5.17. The van der Waals surface area contributed by atoms with Gasteiger partial charge in [0.25, 0.3) is 0 Å². The van der Waals surface area contributed by atoms with Crippen molar-refractivity contribution in [3.63, 3.8) is 0 Å². The fourth-order valence-corrected chi connectivity index (χ4v) is 3.51. The summed E-state index contributed by atoms with van der Waals surface area (Å²) in [4.78, 5) is 12.5. The van der Waals surface area contributed by atoms with Crippen LogP contribution in [0.5, 0.6) is 0 Å². The molecule has 0 saturated carbocycles. The Balaban J connectivity index is 2.34. The van der Waals surface area contributed by atoms with E-state index in [1.165, 1.54) is 0 Å². The van der Waals surface area contributed by atoms with Crippen molar-refractivity contribution in [1.82, 2.24) is 0 Å². The van der Waals surface area contributed by atoms with Crippen molar-refractivity contribution in [3.05, 3.63) is 63.7 Å². The highest BCUT2D eigenvalue weighted by molar-refractivity contribution is 8.22. The zero-order valence-corrected chi connectivity index (χ0v) is 9.35. The highest BCUT2D eigenvalue weighted by Gasteiger charge is 2.10. The van der Waals surface area contributed by atoms with E-state index >= 15 is 0 Å². The molecule has 1 aliphatic rings. The predicted octanol–water partition coefficient (Wildman–Crippen LogP) is 3.19. The largest absolute Gasteiger partial charge is 0.423 e. The molecular formula is C13H10O2S. The lowest BCUT2D eigenvalue weighted by molar-refractivity contribution is 0.557. The normalized spacial score (nSPS) is 16.1. The van der Waals surface area contributed by atoms with Gasteiger partial charge in [-0.2, -0.15) is 10.9 Å². The third-order valence-electron chi connectivity index (χ3n) is 2.51. The van der Waals surface area contributed by atoms with Crippen LogP contribution in [0.4, 0.5) is 0 Å². The molecule has 0 bridgehead atoms. The number of thiol groups is 1. The van der Waals surface area contributed by atoms with Crippen LogP contribution < -0.4 is 5.63 Å². The zero-order valence-electron chi connectivity index (χ0n) is 8.46. The minimum Gasteiger partial charge on any atom is -0.423 e. The number of fused-ring (bicyclic) bond motifs is 1. The Kier molecular flexibility index (Phi) is 2.18. The van der Waals surface area contributed by atoms with Crippen molar-refractivity contribution >= 4 is 21.9 Å². The molecule has 80 valence electrons. The summed E-state index contributed by atoms with van der Waals surface area (Å²) in [6.07, 6.45) is 4.05. The van der Waals surface area contributed by atoms with Gasteiger partial charge in [-0.05, 0) is 16.9 Å². The first kappa shape index (κ1) is 9.48. The molecule has 0 radical (unpaired) electrons. The number of rotatable bonds is 1. The molecule has 0 saturated heterocycles. The zero-order chi connectivity index (χ0) is 11.0. The van der Waals surface area contributed by atoms with Gasteiger partial charge in [-0.15, -0.1) is 0 Å². The van der Waals surface area contributed by atoms with Crippen molar-refractivity contribution in [3.8, 4) is 0 Å². The SMILES string of the molecule is O=c1cc([SH]2C=CC=C2)c2ccccc2o1. The van der Waals surface area contributed by atoms with E-state index in [4.69, 9.17) is 4.42 Å². The average molecular weight is 230 g/mol. The Morgan fingerprint density at radius 2 is 1.81 bits per heavy atom. The monoisotopic (exact) mass is 230 g/mol. The second-order valence-electron chi connectivity index (χ2n) is 3.54. The van der Waals surface area contributed by atoms with Crippen LogP contribution in [0.15, 0.2) is 67.4 Å². The van der Waals surface area contributed by atoms with Crippen LogP contribution in [0, 0.1) is 0 Å². The maximum absolute atomic E-state index is 11.5. The minimum absolute atomic E-state index is 0.273. The summed E-state index contributed by atoms with van der Waals surface area (Å²) in [6.45, 7) is 0. The lowest BCUT2D eigenvalue weighted by atomic mass is 10.2. The van der Waals surface area contributed by atoms with Gasteiger partial charge in [0.1, 0.15) is 5.58 Å². The first-order chi connectivity index (χ1) is 7.84. The van der Waals surface area contributed by atoms with Crippen LogP contribution in [0.1, 0.15) is 0 Å². The molecule has 0 spiro atoms. The third kappa shape index (κ3) is 1.49. The van der Waals surface area contributed by atoms with E-state index in [-0.39, 0.29) is 5.63 Å². The van der Waals surface area contributed by atoms with Crippen LogP contribution in [0.25, 0.3) is 11.0 Å². The molecule has 0 aliphatic carbocycles. The fourth-order valence-electron chi connectivity index (χ4n) is 1.80. The summed E-state index contributed by atoms with van der Waals surface area (Å²) in [5.74, 6) is 0. The first-order valence-electron chi connectivity index (χ1n) is 5.01. The number of benzene rings is 1. The van der Waals surface area contributed by atoms with Crippen LogP contribution >= 0.6 is 10.9 Å². The van der Waals surface area contributed by atoms with E-state index in [1.807, 2.05) is 36.4 Å². The molecule has 0 unspecified atom stereocenters. The van der Waals surface area contributed by atoms with Gasteiger partial charge in [-0.25, -0.2) is 4.79 Å². The number of hydrogen-bond acceptors (Lipinski definition) is 2. The molecule has 0 amide bonds. The Morgan fingerprint density at radius 3 is 2.62 bits per heavy atom. The maximum Gasteiger partial charge on any atom is 0.337 e. The number of allylic oxidation sites excluding steroid dienone is 2. The van der Waals surface area contributed by atoms with Gasteiger partial charge in [-0.1, -0.05) is 30.4 Å². The van der Waals surface area contributed by atoms with E-state index in [9.17, 15) is 4.79 Å². The lowest BCUT2D eigenvalue weighted by Gasteiger charge is -2.12. The summed E-state index contributed by atoms with van der Waals surface area (Å²) in [5, 5.41) is 5.30. The summed E-state index contributed by atoms with van der Waals surface area (Å²) in [5.41, 5.74) is 0.395. The average Bonchev–Trinajstić information content (AvgIpc) is 2.81. The van der Waals surface area contributed by atoms with E-state index in [0.717, 1.165) is 10.3 Å². The quantitative estimate of drug-likeness (QED) is 0.602. The van der Waals surface area contributed by atoms with Gasteiger partial charge in [0.05, 0.1) is 0 Å². The van der Waals surface area contributed by atoms with Gasteiger partial charge in [0.15, 0.2) is 0 Å². The molecule has 1 aromatic heterocycles. The van der Waals surface area contributed by atoms with Gasteiger partial charge in [-0.3, -0.25) is 0 Å². The Hall–Kier alpha value is -1.74.